The molecule has 0 aromatic heterocycles. The molecular weight excluding hydrogens is 903 g/mol. The molecule has 0 heterocycles. The van der Waals surface area contributed by atoms with E-state index in [1.165, 1.54) is 117 Å². The van der Waals surface area contributed by atoms with Crippen molar-refractivity contribution in [2.24, 2.45) is 0 Å². The fourth-order valence-corrected chi connectivity index (χ4v) is 14.2. The van der Waals surface area contributed by atoms with Crippen molar-refractivity contribution in [2.75, 3.05) is 4.90 Å². The molecule has 4 aliphatic rings. The first-order valence-electron chi connectivity index (χ1n) is 26.2. The molecule has 12 aromatic carbocycles. The van der Waals surface area contributed by atoms with E-state index in [-0.39, 0.29) is 5.41 Å². The van der Waals surface area contributed by atoms with Crippen LogP contribution < -0.4 is 4.90 Å². The van der Waals surface area contributed by atoms with Crippen molar-refractivity contribution in [3.05, 3.63) is 330 Å². The van der Waals surface area contributed by atoms with E-state index in [1.807, 2.05) is 0 Å². The van der Waals surface area contributed by atoms with Gasteiger partial charge in [0.15, 0.2) is 0 Å². The molecule has 0 fully saturated rings. The van der Waals surface area contributed by atoms with Crippen LogP contribution in [0.25, 0.3) is 77.9 Å². The van der Waals surface area contributed by atoms with Crippen molar-refractivity contribution in [3.8, 4) is 77.9 Å². The Morgan fingerprint density at radius 2 is 0.560 bits per heavy atom. The molecule has 1 nitrogen and oxygen atoms in total. The molecule has 0 bridgehead atoms. The molecule has 75 heavy (non-hydrogen) atoms. The van der Waals surface area contributed by atoms with Gasteiger partial charge in [-0.2, -0.15) is 0 Å². The number of anilines is 3. The van der Waals surface area contributed by atoms with Crippen LogP contribution in [0.3, 0.4) is 0 Å². The SMILES string of the molecule is c1ccc(-c2ccc(N(c3ccc(-c4ccc5c(c4)-c4ccccc4C54c5ccccc5-c5ccccc54)cc3)c3cccc4c3-c3ccccc3C43c4ccccc4-c4ccccc43)c(-c3ccccc3)c2)cc1. The second kappa shape index (κ2) is 16.0. The van der Waals surface area contributed by atoms with Crippen LogP contribution in [0.15, 0.2) is 285 Å². The summed E-state index contributed by atoms with van der Waals surface area (Å²) in [6.45, 7) is 0. The van der Waals surface area contributed by atoms with Gasteiger partial charge in [0.1, 0.15) is 0 Å². The molecule has 0 N–H and O–H groups in total. The summed E-state index contributed by atoms with van der Waals surface area (Å²) in [6, 6.07) is 107. The summed E-state index contributed by atoms with van der Waals surface area (Å²) in [7, 11) is 0. The first-order chi connectivity index (χ1) is 37.2. The number of rotatable bonds is 6. The molecule has 0 amide bonds. The predicted octanol–water partition coefficient (Wildman–Crippen LogP) is 18.8. The van der Waals surface area contributed by atoms with E-state index in [2.05, 4.69) is 290 Å². The summed E-state index contributed by atoms with van der Waals surface area (Å²) in [6.07, 6.45) is 0. The molecular formula is C74H47N. The molecule has 0 unspecified atom stereocenters. The van der Waals surface area contributed by atoms with Gasteiger partial charge in [-0.1, -0.05) is 249 Å². The van der Waals surface area contributed by atoms with Gasteiger partial charge in [-0.3, -0.25) is 0 Å². The Bertz CT molecular complexity index is 4200. The number of nitrogens with zero attached hydrogens (tertiary/aromatic N) is 1. The van der Waals surface area contributed by atoms with Crippen molar-refractivity contribution in [1.29, 1.82) is 0 Å². The van der Waals surface area contributed by atoms with Crippen molar-refractivity contribution in [1.82, 2.24) is 0 Å². The Morgan fingerprint density at radius 1 is 0.200 bits per heavy atom. The van der Waals surface area contributed by atoms with Crippen molar-refractivity contribution in [3.63, 3.8) is 0 Å². The first kappa shape index (κ1) is 42.0. The molecule has 0 saturated carbocycles. The fraction of sp³-hybridized carbons (Fsp3) is 0.0270. The van der Waals surface area contributed by atoms with E-state index < -0.39 is 5.41 Å². The first-order valence-corrected chi connectivity index (χ1v) is 26.2. The molecule has 0 aliphatic heterocycles. The Hall–Kier alpha value is -9.56. The topological polar surface area (TPSA) is 3.24 Å². The van der Waals surface area contributed by atoms with Crippen molar-refractivity contribution >= 4 is 17.1 Å². The minimum Gasteiger partial charge on any atom is -0.309 e. The van der Waals surface area contributed by atoms with Gasteiger partial charge in [0.05, 0.1) is 22.2 Å². The summed E-state index contributed by atoms with van der Waals surface area (Å²) in [5, 5.41) is 0. The minimum absolute atomic E-state index is 0.371. The summed E-state index contributed by atoms with van der Waals surface area (Å²) >= 11 is 0. The Morgan fingerprint density at radius 3 is 1.09 bits per heavy atom. The zero-order valence-electron chi connectivity index (χ0n) is 41.1. The van der Waals surface area contributed by atoms with Gasteiger partial charge < -0.3 is 4.90 Å². The molecule has 16 rings (SSSR count). The summed E-state index contributed by atoms with van der Waals surface area (Å²) in [5.74, 6) is 0. The average molecular weight is 950 g/mol. The normalized spacial score (nSPS) is 13.8. The lowest BCUT2D eigenvalue weighted by atomic mass is 9.70. The highest BCUT2D eigenvalue weighted by molar-refractivity contribution is 6.03. The van der Waals surface area contributed by atoms with Gasteiger partial charge >= 0.3 is 0 Å². The van der Waals surface area contributed by atoms with Gasteiger partial charge in [0.2, 0.25) is 0 Å². The number of fused-ring (bicyclic) bond motifs is 20. The van der Waals surface area contributed by atoms with Gasteiger partial charge in [-0.15, -0.1) is 0 Å². The second-order valence-corrected chi connectivity index (χ2v) is 20.6. The molecule has 0 saturated heterocycles. The maximum Gasteiger partial charge on any atom is 0.0726 e. The molecule has 348 valence electrons. The monoisotopic (exact) mass is 949 g/mol. The highest BCUT2D eigenvalue weighted by Gasteiger charge is 2.53. The van der Waals surface area contributed by atoms with E-state index in [1.54, 1.807) is 0 Å². The largest absolute Gasteiger partial charge is 0.309 e. The molecule has 0 atom stereocenters. The van der Waals surface area contributed by atoms with Crippen LogP contribution in [0.4, 0.5) is 17.1 Å². The average Bonchev–Trinajstić information content (AvgIpc) is 4.29. The van der Waals surface area contributed by atoms with Crippen LogP contribution in [0, 0.1) is 0 Å². The second-order valence-electron chi connectivity index (χ2n) is 20.6. The highest BCUT2D eigenvalue weighted by Crippen LogP contribution is 2.66. The van der Waals surface area contributed by atoms with Crippen LogP contribution in [-0.4, -0.2) is 0 Å². The zero-order valence-corrected chi connectivity index (χ0v) is 41.1. The highest BCUT2D eigenvalue weighted by atomic mass is 15.1. The van der Waals surface area contributed by atoms with Crippen molar-refractivity contribution in [2.45, 2.75) is 10.8 Å². The minimum atomic E-state index is -0.475. The lowest BCUT2D eigenvalue weighted by Gasteiger charge is -2.32. The zero-order chi connectivity index (χ0) is 49.2. The molecule has 12 aromatic rings. The smallest absolute Gasteiger partial charge is 0.0726 e. The van der Waals surface area contributed by atoms with E-state index in [9.17, 15) is 0 Å². The Balaban J connectivity index is 0.906. The lowest BCUT2D eigenvalue weighted by molar-refractivity contribution is 0.794. The van der Waals surface area contributed by atoms with E-state index in [4.69, 9.17) is 0 Å². The van der Waals surface area contributed by atoms with Crippen LogP contribution in [0.1, 0.15) is 44.5 Å². The summed E-state index contributed by atoms with van der Waals surface area (Å²) < 4.78 is 0. The third kappa shape index (κ3) is 5.67. The van der Waals surface area contributed by atoms with Crippen molar-refractivity contribution < 1.29 is 0 Å². The Labute approximate surface area is 438 Å². The van der Waals surface area contributed by atoms with Gasteiger partial charge in [0.25, 0.3) is 0 Å². The van der Waals surface area contributed by atoms with E-state index in [0.717, 1.165) is 22.6 Å². The maximum atomic E-state index is 2.54. The fourth-order valence-electron chi connectivity index (χ4n) is 14.2. The number of hydrogen-bond acceptors (Lipinski definition) is 1. The lowest BCUT2D eigenvalue weighted by Crippen LogP contribution is -2.26. The van der Waals surface area contributed by atoms with Gasteiger partial charge in [0, 0.05) is 16.8 Å². The molecule has 1 heteroatoms. The van der Waals surface area contributed by atoms with E-state index in [0.29, 0.717) is 0 Å². The standard InChI is InChI=1S/C74H47N/c1-3-20-48(21-4-1)52-41-45-70(60(46-52)50-22-5-2-6-23-50)75(71-37-19-36-69-72(71)59-29-12-18-35-67(59)74(69)64-32-15-9-26-56(64)57-27-10-16-33-65(57)74)53-42-38-49(39-43-53)51-40-44-68-61(47-51)58-28-11-17-34-66(58)73(68)62-30-13-7-24-54(62)55-25-8-14-31-63(55)73/h1-47H. The molecule has 0 radical (unpaired) electrons. The summed E-state index contributed by atoms with van der Waals surface area (Å²) in [5.41, 5.74) is 30.7. The van der Waals surface area contributed by atoms with Crippen LogP contribution in [0.2, 0.25) is 0 Å². The third-order valence-corrected chi connectivity index (χ3v) is 17.1. The van der Waals surface area contributed by atoms with Gasteiger partial charge in [-0.05, 0) is 148 Å². The Kier molecular flexibility index (Phi) is 8.94. The molecule has 4 aliphatic carbocycles. The molecule has 2 spiro atoms. The van der Waals surface area contributed by atoms with Crippen LogP contribution >= 0.6 is 0 Å². The number of benzene rings is 12. The van der Waals surface area contributed by atoms with Crippen LogP contribution in [0.5, 0.6) is 0 Å². The summed E-state index contributed by atoms with van der Waals surface area (Å²) in [4.78, 5) is 2.54. The third-order valence-electron chi connectivity index (χ3n) is 17.1. The van der Waals surface area contributed by atoms with Crippen LogP contribution in [-0.2, 0) is 10.8 Å². The van der Waals surface area contributed by atoms with E-state index >= 15 is 0 Å². The predicted molar refractivity (Wildman–Crippen MR) is 310 cm³/mol. The van der Waals surface area contributed by atoms with Gasteiger partial charge in [-0.25, -0.2) is 0 Å². The quantitative estimate of drug-likeness (QED) is 0.161. The number of hydrogen-bond donors (Lipinski definition) is 0. The maximum absolute atomic E-state index is 2.54.